The molecule has 0 saturated heterocycles. The maximum atomic E-state index is 4.78. The van der Waals surface area contributed by atoms with Gasteiger partial charge in [-0.2, -0.15) is 9.78 Å². The Morgan fingerprint density at radius 3 is 1.42 bits per heavy atom. The van der Waals surface area contributed by atoms with Crippen LogP contribution in [0.3, 0.4) is 0 Å². The monoisotopic (exact) mass is 174 g/mol. The number of ether oxygens (including phenoxy) is 2. The number of hydrogen-bond acceptors (Lipinski definition) is 4. The molecule has 4 nitrogen and oxygen atoms in total. The van der Waals surface area contributed by atoms with Gasteiger partial charge in [0, 0.05) is 14.2 Å². The molecule has 0 aromatic carbocycles. The summed E-state index contributed by atoms with van der Waals surface area (Å²) < 4.78 is 9.57. The molecule has 70 valence electrons. The highest BCUT2D eigenvalue weighted by atomic mass is 17.2. The zero-order valence-electron chi connectivity index (χ0n) is 7.36. The molecule has 0 aliphatic rings. The summed E-state index contributed by atoms with van der Waals surface area (Å²) in [6.07, 6.45) is 1.72. The van der Waals surface area contributed by atoms with Crippen molar-refractivity contribution in [2.45, 2.75) is 12.6 Å². The van der Waals surface area contributed by atoms with Gasteiger partial charge in [-0.05, 0) is 12.2 Å². The lowest BCUT2D eigenvalue weighted by atomic mass is 10.6. The van der Waals surface area contributed by atoms with E-state index in [0.717, 1.165) is 0 Å². The van der Waals surface area contributed by atoms with E-state index >= 15 is 0 Å². The van der Waals surface area contributed by atoms with Crippen LogP contribution >= 0.6 is 0 Å². The second-order valence-corrected chi connectivity index (χ2v) is 1.87. The predicted molar refractivity (Wildman–Crippen MR) is 44.2 cm³/mol. The third-order valence-corrected chi connectivity index (χ3v) is 1.09. The van der Waals surface area contributed by atoms with Crippen molar-refractivity contribution >= 4 is 0 Å². The van der Waals surface area contributed by atoms with Crippen molar-refractivity contribution in [3.63, 3.8) is 0 Å². The maximum absolute atomic E-state index is 4.78. The van der Waals surface area contributed by atoms with Crippen molar-refractivity contribution in [1.29, 1.82) is 0 Å². The molecule has 0 fully saturated rings. The fourth-order valence-electron chi connectivity index (χ4n) is 0.459. The topological polar surface area (TPSA) is 36.9 Å². The summed E-state index contributed by atoms with van der Waals surface area (Å²) >= 11 is 0. The summed E-state index contributed by atoms with van der Waals surface area (Å²) in [7, 11) is 2.96. The van der Waals surface area contributed by atoms with E-state index in [1.165, 1.54) is 26.4 Å². The number of rotatable bonds is 7. The van der Waals surface area contributed by atoms with Gasteiger partial charge in [-0.3, -0.25) is 0 Å². The van der Waals surface area contributed by atoms with Gasteiger partial charge in [0.25, 0.3) is 0 Å². The fourth-order valence-corrected chi connectivity index (χ4v) is 0.459. The summed E-state index contributed by atoms with van der Waals surface area (Å²) in [5.41, 5.74) is 0. The highest BCUT2D eigenvalue weighted by Gasteiger charge is 2.07. The van der Waals surface area contributed by atoms with Gasteiger partial charge in [0.15, 0.2) is 0 Å². The first-order chi connectivity index (χ1) is 5.78. The summed E-state index contributed by atoms with van der Waals surface area (Å²) in [5, 5.41) is 0. The lowest BCUT2D eigenvalue weighted by molar-refractivity contribution is -0.408. The lowest BCUT2D eigenvalue weighted by Crippen LogP contribution is -2.19. The second kappa shape index (κ2) is 7.00. The molecular weight excluding hydrogens is 160 g/mol. The Labute approximate surface area is 72.3 Å². The zero-order chi connectivity index (χ0) is 9.40. The van der Waals surface area contributed by atoms with Crippen LogP contribution in [-0.2, 0) is 19.2 Å². The normalized spacial score (nSPS) is 15.2. The molecule has 0 aliphatic heterocycles. The SMILES string of the molecule is C=CC(OC)OOC(C=C)OC. The van der Waals surface area contributed by atoms with E-state index in [4.69, 9.17) is 19.2 Å². The average Bonchev–Trinajstić information content (AvgIpc) is 2.13. The Balaban J connectivity index is 3.62. The van der Waals surface area contributed by atoms with E-state index in [-0.39, 0.29) is 0 Å². The highest BCUT2D eigenvalue weighted by molar-refractivity contribution is 4.72. The molecule has 0 radical (unpaired) electrons. The first-order valence-electron chi connectivity index (χ1n) is 3.41. The molecule has 0 amide bonds. The minimum atomic E-state index is -0.595. The van der Waals surface area contributed by atoms with E-state index in [1.807, 2.05) is 0 Å². The summed E-state index contributed by atoms with van der Waals surface area (Å²) in [6.45, 7) is 6.93. The molecule has 0 saturated carbocycles. The molecule has 0 bridgehead atoms. The van der Waals surface area contributed by atoms with Crippen LogP contribution in [0.25, 0.3) is 0 Å². The molecular formula is C8H14O4. The summed E-state index contributed by atoms with van der Waals surface area (Å²) in [6, 6.07) is 0. The Kier molecular flexibility index (Phi) is 6.60. The van der Waals surface area contributed by atoms with Crippen molar-refractivity contribution in [3.05, 3.63) is 25.3 Å². The Bertz CT molecular complexity index is 119. The van der Waals surface area contributed by atoms with Crippen molar-refractivity contribution < 1.29 is 19.2 Å². The molecule has 12 heavy (non-hydrogen) atoms. The first kappa shape index (κ1) is 11.3. The standard InChI is InChI=1S/C8H14O4/c1-5-7(9-3)11-12-8(6-2)10-4/h5-8H,1-2H2,3-4H3. The van der Waals surface area contributed by atoms with Gasteiger partial charge in [0.05, 0.1) is 0 Å². The van der Waals surface area contributed by atoms with Crippen LogP contribution in [0.4, 0.5) is 0 Å². The van der Waals surface area contributed by atoms with Crippen molar-refractivity contribution in [1.82, 2.24) is 0 Å². The van der Waals surface area contributed by atoms with Crippen molar-refractivity contribution in [2.75, 3.05) is 14.2 Å². The number of hydrogen-bond donors (Lipinski definition) is 0. The smallest absolute Gasteiger partial charge is 0.210 e. The van der Waals surface area contributed by atoms with Gasteiger partial charge in [0.1, 0.15) is 0 Å². The first-order valence-corrected chi connectivity index (χ1v) is 3.41. The van der Waals surface area contributed by atoms with E-state index in [0.29, 0.717) is 0 Å². The van der Waals surface area contributed by atoms with Crippen LogP contribution < -0.4 is 0 Å². The Morgan fingerprint density at radius 1 is 0.917 bits per heavy atom. The minimum absolute atomic E-state index is 0.595. The van der Waals surface area contributed by atoms with Crippen LogP contribution in [0.15, 0.2) is 25.3 Å². The van der Waals surface area contributed by atoms with Crippen LogP contribution in [0.1, 0.15) is 0 Å². The Morgan fingerprint density at radius 2 is 1.25 bits per heavy atom. The molecule has 4 heteroatoms. The molecule has 2 unspecified atom stereocenters. The van der Waals surface area contributed by atoms with Gasteiger partial charge in [-0.1, -0.05) is 13.2 Å². The molecule has 2 atom stereocenters. The predicted octanol–water partition coefficient (Wildman–Crippen LogP) is 1.25. The Hall–Kier alpha value is -0.680. The molecule has 0 aromatic rings. The molecule has 0 N–H and O–H groups in total. The number of methoxy groups -OCH3 is 2. The van der Waals surface area contributed by atoms with E-state index in [9.17, 15) is 0 Å². The van der Waals surface area contributed by atoms with Gasteiger partial charge < -0.3 is 9.47 Å². The second-order valence-electron chi connectivity index (χ2n) is 1.87. The molecule has 0 aliphatic carbocycles. The average molecular weight is 174 g/mol. The van der Waals surface area contributed by atoms with Gasteiger partial charge >= 0.3 is 0 Å². The highest BCUT2D eigenvalue weighted by Crippen LogP contribution is 2.00. The minimum Gasteiger partial charge on any atom is -0.350 e. The molecule has 0 aromatic heterocycles. The van der Waals surface area contributed by atoms with Crippen LogP contribution in [0, 0.1) is 0 Å². The summed E-state index contributed by atoms with van der Waals surface area (Å²) in [5.74, 6) is 0. The van der Waals surface area contributed by atoms with Gasteiger partial charge in [-0.15, -0.1) is 0 Å². The van der Waals surface area contributed by atoms with Crippen molar-refractivity contribution in [3.8, 4) is 0 Å². The lowest BCUT2D eigenvalue weighted by Gasteiger charge is -2.14. The van der Waals surface area contributed by atoms with Crippen LogP contribution in [0.2, 0.25) is 0 Å². The fraction of sp³-hybridized carbons (Fsp3) is 0.500. The van der Waals surface area contributed by atoms with Gasteiger partial charge in [-0.25, -0.2) is 0 Å². The summed E-state index contributed by atoms with van der Waals surface area (Å²) in [4.78, 5) is 9.50. The van der Waals surface area contributed by atoms with E-state index in [1.54, 1.807) is 0 Å². The molecule has 0 heterocycles. The van der Waals surface area contributed by atoms with Crippen molar-refractivity contribution in [2.24, 2.45) is 0 Å². The quantitative estimate of drug-likeness (QED) is 0.252. The van der Waals surface area contributed by atoms with E-state index < -0.39 is 12.6 Å². The molecule has 0 spiro atoms. The third-order valence-electron chi connectivity index (χ3n) is 1.09. The third kappa shape index (κ3) is 4.25. The molecule has 0 rings (SSSR count). The maximum Gasteiger partial charge on any atom is 0.210 e. The van der Waals surface area contributed by atoms with E-state index in [2.05, 4.69) is 13.2 Å². The van der Waals surface area contributed by atoms with Crippen LogP contribution in [0.5, 0.6) is 0 Å². The van der Waals surface area contributed by atoms with Crippen LogP contribution in [-0.4, -0.2) is 26.8 Å². The zero-order valence-corrected chi connectivity index (χ0v) is 7.36. The largest absolute Gasteiger partial charge is 0.350 e. The van der Waals surface area contributed by atoms with Gasteiger partial charge in [0.2, 0.25) is 12.6 Å².